The van der Waals surface area contributed by atoms with Crippen LogP contribution in [-0.4, -0.2) is 18.6 Å². The van der Waals surface area contributed by atoms with E-state index in [1.165, 1.54) is 38.6 Å². The van der Waals surface area contributed by atoms with E-state index in [0.717, 1.165) is 22.7 Å². The van der Waals surface area contributed by atoms with E-state index < -0.39 is 0 Å². The zero-order chi connectivity index (χ0) is 12.4. The molecule has 2 aliphatic rings. The fraction of sp³-hybridized carbons (Fsp3) is 0.600. The maximum absolute atomic E-state index is 6.04. The molecule has 1 aliphatic heterocycles. The zero-order valence-electron chi connectivity index (χ0n) is 10.7. The number of nitrogens with one attached hydrogen (secondary N) is 2. The predicted molar refractivity (Wildman–Crippen MR) is 77.2 cm³/mol. The topological polar surface area (TPSA) is 24.1 Å². The van der Waals surface area contributed by atoms with Crippen molar-refractivity contribution in [1.29, 1.82) is 0 Å². The van der Waals surface area contributed by atoms with Crippen LogP contribution in [0.25, 0.3) is 0 Å². The van der Waals surface area contributed by atoms with E-state index in [4.69, 9.17) is 11.6 Å². The SMILES string of the molecule is Clc1cccc(NC2CCCC2C2CCCN2)c1. The molecule has 1 saturated heterocycles. The maximum Gasteiger partial charge on any atom is 0.0426 e. The van der Waals surface area contributed by atoms with Gasteiger partial charge in [-0.1, -0.05) is 24.1 Å². The number of hydrogen-bond donors (Lipinski definition) is 2. The Morgan fingerprint density at radius 3 is 2.89 bits per heavy atom. The standard InChI is InChI=1S/C15H21ClN2/c16-11-4-1-5-12(10-11)18-15-7-2-6-13(15)14-8-3-9-17-14/h1,4-5,10,13-15,17-18H,2-3,6-9H2. The molecule has 3 atom stereocenters. The molecule has 2 fully saturated rings. The molecule has 1 saturated carbocycles. The summed E-state index contributed by atoms with van der Waals surface area (Å²) in [7, 11) is 0. The van der Waals surface area contributed by atoms with Gasteiger partial charge in [-0.2, -0.15) is 0 Å². The summed E-state index contributed by atoms with van der Waals surface area (Å²) >= 11 is 6.04. The molecule has 2 N–H and O–H groups in total. The van der Waals surface area contributed by atoms with Crippen molar-refractivity contribution in [3.63, 3.8) is 0 Å². The van der Waals surface area contributed by atoms with E-state index in [0.29, 0.717) is 6.04 Å². The second-order valence-corrected chi connectivity index (χ2v) is 6.00. The van der Waals surface area contributed by atoms with Crippen LogP contribution in [0.3, 0.4) is 0 Å². The lowest BCUT2D eigenvalue weighted by Crippen LogP contribution is -2.38. The Morgan fingerprint density at radius 2 is 2.11 bits per heavy atom. The van der Waals surface area contributed by atoms with E-state index in [1.807, 2.05) is 18.2 Å². The van der Waals surface area contributed by atoms with Crippen LogP contribution in [0.2, 0.25) is 5.02 Å². The average molecular weight is 265 g/mol. The largest absolute Gasteiger partial charge is 0.382 e. The Hall–Kier alpha value is -0.730. The van der Waals surface area contributed by atoms with Crippen molar-refractivity contribution in [3.05, 3.63) is 29.3 Å². The highest BCUT2D eigenvalue weighted by Crippen LogP contribution is 2.34. The van der Waals surface area contributed by atoms with Crippen molar-refractivity contribution in [2.45, 2.75) is 44.2 Å². The van der Waals surface area contributed by atoms with Gasteiger partial charge in [0.25, 0.3) is 0 Å². The van der Waals surface area contributed by atoms with Crippen LogP contribution in [0, 0.1) is 5.92 Å². The fourth-order valence-corrected chi connectivity index (χ4v) is 3.71. The van der Waals surface area contributed by atoms with Gasteiger partial charge in [0.15, 0.2) is 0 Å². The Balaban J connectivity index is 1.67. The first kappa shape index (κ1) is 12.3. The Bertz CT molecular complexity index is 401. The van der Waals surface area contributed by atoms with E-state index in [-0.39, 0.29) is 0 Å². The summed E-state index contributed by atoms with van der Waals surface area (Å²) in [5.74, 6) is 0.784. The van der Waals surface area contributed by atoms with E-state index >= 15 is 0 Å². The molecule has 0 radical (unpaired) electrons. The second kappa shape index (κ2) is 5.50. The highest BCUT2D eigenvalue weighted by Gasteiger charge is 2.34. The molecule has 3 unspecified atom stereocenters. The summed E-state index contributed by atoms with van der Waals surface area (Å²) in [6, 6.07) is 9.42. The minimum Gasteiger partial charge on any atom is -0.382 e. The lowest BCUT2D eigenvalue weighted by atomic mass is 9.93. The molecule has 1 aromatic carbocycles. The summed E-state index contributed by atoms with van der Waals surface area (Å²) in [6.07, 6.45) is 6.68. The van der Waals surface area contributed by atoms with Gasteiger partial charge in [-0.15, -0.1) is 0 Å². The van der Waals surface area contributed by atoms with Crippen LogP contribution in [0.1, 0.15) is 32.1 Å². The Labute approximate surface area is 114 Å². The average Bonchev–Trinajstić information content (AvgIpc) is 2.98. The summed E-state index contributed by atoms with van der Waals surface area (Å²) in [5.41, 5.74) is 1.16. The number of benzene rings is 1. The molecule has 2 nitrogen and oxygen atoms in total. The van der Waals surface area contributed by atoms with Crippen LogP contribution in [0.15, 0.2) is 24.3 Å². The van der Waals surface area contributed by atoms with Gasteiger partial charge in [0.2, 0.25) is 0 Å². The van der Waals surface area contributed by atoms with Crippen LogP contribution in [0.4, 0.5) is 5.69 Å². The third kappa shape index (κ3) is 2.65. The molecule has 0 bridgehead atoms. The van der Waals surface area contributed by atoms with Gasteiger partial charge in [0.05, 0.1) is 0 Å². The fourth-order valence-electron chi connectivity index (χ4n) is 3.52. The summed E-state index contributed by atoms with van der Waals surface area (Å²) in [4.78, 5) is 0. The third-order valence-corrected chi connectivity index (χ3v) is 4.60. The number of halogens is 1. The minimum atomic E-state index is 0.610. The van der Waals surface area contributed by atoms with E-state index in [2.05, 4.69) is 16.7 Å². The van der Waals surface area contributed by atoms with Crippen LogP contribution in [-0.2, 0) is 0 Å². The first-order chi connectivity index (χ1) is 8.83. The van der Waals surface area contributed by atoms with Gasteiger partial charge < -0.3 is 10.6 Å². The molecule has 0 aromatic heterocycles. The highest BCUT2D eigenvalue weighted by molar-refractivity contribution is 6.30. The zero-order valence-corrected chi connectivity index (χ0v) is 11.4. The smallest absolute Gasteiger partial charge is 0.0426 e. The molecule has 18 heavy (non-hydrogen) atoms. The molecule has 0 spiro atoms. The van der Waals surface area contributed by atoms with Crippen LogP contribution >= 0.6 is 11.6 Å². The molecule has 3 rings (SSSR count). The van der Waals surface area contributed by atoms with Gasteiger partial charge in [0, 0.05) is 22.8 Å². The molecule has 3 heteroatoms. The van der Waals surface area contributed by atoms with E-state index in [9.17, 15) is 0 Å². The molecular weight excluding hydrogens is 244 g/mol. The van der Waals surface area contributed by atoms with Gasteiger partial charge in [-0.3, -0.25) is 0 Å². The summed E-state index contributed by atoms with van der Waals surface area (Å²) < 4.78 is 0. The molecular formula is C15H21ClN2. The molecule has 0 amide bonds. The van der Waals surface area contributed by atoms with Gasteiger partial charge >= 0.3 is 0 Å². The molecule has 98 valence electrons. The number of hydrogen-bond acceptors (Lipinski definition) is 2. The lowest BCUT2D eigenvalue weighted by molar-refractivity contribution is 0.376. The van der Waals surface area contributed by atoms with E-state index in [1.54, 1.807) is 0 Å². The summed E-state index contributed by atoms with van der Waals surface area (Å²) in [5, 5.41) is 8.16. The minimum absolute atomic E-state index is 0.610. The first-order valence-corrected chi connectivity index (χ1v) is 7.46. The highest BCUT2D eigenvalue weighted by atomic mass is 35.5. The normalized spacial score (nSPS) is 31.7. The van der Waals surface area contributed by atoms with Crippen molar-refractivity contribution in [2.24, 2.45) is 5.92 Å². The van der Waals surface area contributed by atoms with Crippen LogP contribution in [0.5, 0.6) is 0 Å². The quantitative estimate of drug-likeness (QED) is 0.870. The first-order valence-electron chi connectivity index (χ1n) is 7.08. The van der Waals surface area contributed by atoms with Crippen molar-refractivity contribution in [3.8, 4) is 0 Å². The Kier molecular flexibility index (Phi) is 3.76. The lowest BCUT2D eigenvalue weighted by Gasteiger charge is -2.27. The molecule has 1 aromatic rings. The van der Waals surface area contributed by atoms with Crippen molar-refractivity contribution in [1.82, 2.24) is 5.32 Å². The third-order valence-electron chi connectivity index (χ3n) is 4.36. The molecule has 1 aliphatic carbocycles. The van der Waals surface area contributed by atoms with Crippen molar-refractivity contribution in [2.75, 3.05) is 11.9 Å². The van der Waals surface area contributed by atoms with Gasteiger partial charge in [0.1, 0.15) is 0 Å². The maximum atomic E-state index is 6.04. The van der Waals surface area contributed by atoms with Crippen molar-refractivity contribution >= 4 is 17.3 Å². The summed E-state index contributed by atoms with van der Waals surface area (Å²) in [6.45, 7) is 1.20. The monoisotopic (exact) mass is 264 g/mol. The van der Waals surface area contributed by atoms with Gasteiger partial charge in [-0.25, -0.2) is 0 Å². The van der Waals surface area contributed by atoms with Gasteiger partial charge in [-0.05, 0) is 56.3 Å². The number of anilines is 1. The number of rotatable bonds is 3. The molecule has 1 heterocycles. The van der Waals surface area contributed by atoms with Crippen LogP contribution < -0.4 is 10.6 Å². The predicted octanol–water partition coefficient (Wildman–Crippen LogP) is 3.67. The Morgan fingerprint density at radius 1 is 1.17 bits per heavy atom. The van der Waals surface area contributed by atoms with Crippen molar-refractivity contribution < 1.29 is 0 Å². The second-order valence-electron chi connectivity index (χ2n) is 5.56.